The van der Waals surface area contributed by atoms with Gasteiger partial charge in [-0.25, -0.2) is 0 Å². The van der Waals surface area contributed by atoms with Crippen LogP contribution in [0, 0.1) is 0 Å². The Kier molecular flexibility index (Phi) is 3.31. The summed E-state index contributed by atoms with van der Waals surface area (Å²) < 4.78 is 10.6. The Morgan fingerprint density at radius 2 is 2.05 bits per heavy atom. The molecule has 106 valence electrons. The zero-order valence-electron chi connectivity index (χ0n) is 11.2. The van der Waals surface area contributed by atoms with E-state index in [1.165, 1.54) is 7.11 Å². The Labute approximate surface area is 126 Å². The number of carbonyl (C=O) groups is 1. The predicted molar refractivity (Wildman–Crippen MR) is 82.1 cm³/mol. The van der Waals surface area contributed by atoms with Crippen molar-refractivity contribution >= 4 is 34.0 Å². The van der Waals surface area contributed by atoms with E-state index in [0.717, 1.165) is 5.39 Å². The SMILES string of the molecule is COc1ccc(C(=O)c2cc3cccc(Cl)c3o2)c(N)c1. The monoisotopic (exact) mass is 301 g/mol. The molecule has 0 aliphatic heterocycles. The van der Waals surface area contributed by atoms with Gasteiger partial charge >= 0.3 is 0 Å². The second-order valence-electron chi connectivity index (χ2n) is 4.55. The highest BCUT2D eigenvalue weighted by Crippen LogP contribution is 2.29. The van der Waals surface area contributed by atoms with E-state index in [0.29, 0.717) is 27.6 Å². The molecule has 0 fully saturated rings. The topological polar surface area (TPSA) is 65.5 Å². The lowest BCUT2D eigenvalue weighted by Crippen LogP contribution is -2.04. The molecule has 0 atom stereocenters. The highest BCUT2D eigenvalue weighted by atomic mass is 35.5. The Hall–Kier alpha value is -2.46. The summed E-state index contributed by atoms with van der Waals surface area (Å²) in [5, 5.41) is 1.24. The summed E-state index contributed by atoms with van der Waals surface area (Å²) in [7, 11) is 1.54. The Morgan fingerprint density at radius 3 is 2.71 bits per heavy atom. The van der Waals surface area contributed by atoms with E-state index in [9.17, 15) is 4.79 Å². The van der Waals surface area contributed by atoms with Crippen molar-refractivity contribution in [2.45, 2.75) is 0 Å². The van der Waals surface area contributed by atoms with Gasteiger partial charge in [-0.15, -0.1) is 0 Å². The molecule has 0 radical (unpaired) electrons. The summed E-state index contributed by atoms with van der Waals surface area (Å²) in [6.45, 7) is 0. The van der Waals surface area contributed by atoms with E-state index in [2.05, 4.69) is 0 Å². The molecule has 3 aromatic rings. The van der Waals surface area contributed by atoms with Gasteiger partial charge in [0.15, 0.2) is 11.3 Å². The first kappa shape index (κ1) is 13.5. The summed E-state index contributed by atoms with van der Waals surface area (Å²) >= 11 is 6.05. The Bertz CT molecular complexity index is 839. The third kappa shape index (κ3) is 2.34. The number of rotatable bonds is 3. The number of para-hydroxylation sites is 1. The smallest absolute Gasteiger partial charge is 0.230 e. The van der Waals surface area contributed by atoms with Crippen molar-refractivity contribution in [3.8, 4) is 5.75 Å². The van der Waals surface area contributed by atoms with Crippen LogP contribution in [0.3, 0.4) is 0 Å². The molecule has 0 aliphatic rings. The van der Waals surface area contributed by atoms with Crippen molar-refractivity contribution in [1.82, 2.24) is 0 Å². The molecule has 2 N–H and O–H groups in total. The molecule has 5 heteroatoms. The summed E-state index contributed by atoms with van der Waals surface area (Å²) in [6.07, 6.45) is 0. The van der Waals surface area contributed by atoms with Crippen LogP contribution in [0.4, 0.5) is 5.69 Å². The van der Waals surface area contributed by atoms with Gasteiger partial charge in [0.2, 0.25) is 5.78 Å². The van der Waals surface area contributed by atoms with Crippen LogP contribution < -0.4 is 10.5 Å². The minimum Gasteiger partial charge on any atom is -0.497 e. The zero-order chi connectivity index (χ0) is 15.0. The van der Waals surface area contributed by atoms with Crippen molar-refractivity contribution in [3.63, 3.8) is 0 Å². The van der Waals surface area contributed by atoms with E-state index in [-0.39, 0.29) is 11.5 Å². The highest BCUT2D eigenvalue weighted by molar-refractivity contribution is 6.35. The van der Waals surface area contributed by atoms with Crippen LogP contribution in [0.15, 0.2) is 46.9 Å². The second-order valence-corrected chi connectivity index (χ2v) is 4.96. The fourth-order valence-corrected chi connectivity index (χ4v) is 2.37. The van der Waals surface area contributed by atoms with E-state index >= 15 is 0 Å². The summed E-state index contributed by atoms with van der Waals surface area (Å²) in [5.41, 5.74) is 7.09. The second kappa shape index (κ2) is 5.14. The van der Waals surface area contributed by atoms with Gasteiger partial charge in [0.1, 0.15) is 5.75 Å². The van der Waals surface area contributed by atoms with Gasteiger partial charge in [-0.1, -0.05) is 23.7 Å². The fourth-order valence-electron chi connectivity index (χ4n) is 2.15. The lowest BCUT2D eigenvalue weighted by atomic mass is 10.1. The van der Waals surface area contributed by atoms with E-state index in [1.807, 2.05) is 6.07 Å². The molecule has 21 heavy (non-hydrogen) atoms. The number of nitrogens with two attached hydrogens (primary N) is 1. The number of furan rings is 1. The molecule has 0 unspecified atom stereocenters. The fraction of sp³-hybridized carbons (Fsp3) is 0.0625. The quantitative estimate of drug-likeness (QED) is 0.588. The third-order valence-electron chi connectivity index (χ3n) is 3.22. The van der Waals surface area contributed by atoms with Gasteiger partial charge in [0.05, 0.1) is 12.1 Å². The van der Waals surface area contributed by atoms with Crippen molar-refractivity contribution in [2.24, 2.45) is 0 Å². The van der Waals surface area contributed by atoms with Gasteiger partial charge < -0.3 is 14.9 Å². The standard InChI is InChI=1S/C16H12ClNO3/c1-20-10-5-6-11(13(18)8-10)15(19)14-7-9-3-2-4-12(17)16(9)21-14/h2-8H,18H2,1H3. The summed E-state index contributed by atoms with van der Waals surface area (Å²) in [6, 6.07) is 11.9. The van der Waals surface area contributed by atoms with Gasteiger partial charge in [0.25, 0.3) is 0 Å². The number of ketones is 1. The minimum atomic E-state index is -0.289. The van der Waals surface area contributed by atoms with Crippen molar-refractivity contribution in [3.05, 3.63) is 58.8 Å². The van der Waals surface area contributed by atoms with Gasteiger partial charge in [-0.3, -0.25) is 4.79 Å². The minimum absolute atomic E-state index is 0.204. The van der Waals surface area contributed by atoms with E-state index in [4.69, 9.17) is 26.5 Å². The molecule has 0 spiro atoms. The van der Waals surface area contributed by atoms with Gasteiger partial charge in [0, 0.05) is 22.7 Å². The first-order chi connectivity index (χ1) is 10.1. The predicted octanol–water partition coefficient (Wildman–Crippen LogP) is 3.91. The van der Waals surface area contributed by atoms with Crippen LogP contribution in [0.25, 0.3) is 11.0 Å². The number of fused-ring (bicyclic) bond motifs is 1. The Morgan fingerprint density at radius 1 is 1.24 bits per heavy atom. The summed E-state index contributed by atoms with van der Waals surface area (Å²) in [4.78, 5) is 12.5. The van der Waals surface area contributed by atoms with E-state index in [1.54, 1.807) is 36.4 Å². The molecule has 0 aliphatic carbocycles. The van der Waals surface area contributed by atoms with Gasteiger partial charge in [-0.2, -0.15) is 0 Å². The van der Waals surface area contributed by atoms with Crippen LogP contribution >= 0.6 is 11.6 Å². The normalized spacial score (nSPS) is 10.8. The maximum atomic E-state index is 12.5. The molecule has 0 bridgehead atoms. The van der Waals surface area contributed by atoms with Crippen molar-refractivity contribution in [2.75, 3.05) is 12.8 Å². The van der Waals surface area contributed by atoms with Crippen LogP contribution in [-0.2, 0) is 0 Å². The lowest BCUT2D eigenvalue weighted by molar-refractivity contribution is 0.101. The molecule has 2 aromatic carbocycles. The lowest BCUT2D eigenvalue weighted by Gasteiger charge is -2.05. The molecule has 1 aromatic heterocycles. The number of ether oxygens (including phenoxy) is 1. The van der Waals surface area contributed by atoms with Crippen molar-refractivity contribution in [1.29, 1.82) is 0 Å². The molecular weight excluding hydrogens is 290 g/mol. The molecule has 3 rings (SSSR count). The number of halogens is 1. The molecule has 0 saturated carbocycles. The van der Waals surface area contributed by atoms with E-state index < -0.39 is 0 Å². The first-order valence-corrected chi connectivity index (χ1v) is 6.64. The number of methoxy groups -OCH3 is 1. The number of hydrogen-bond acceptors (Lipinski definition) is 4. The number of benzene rings is 2. The van der Waals surface area contributed by atoms with Crippen LogP contribution in [0.5, 0.6) is 5.75 Å². The maximum absolute atomic E-state index is 12.5. The van der Waals surface area contributed by atoms with Crippen molar-refractivity contribution < 1.29 is 13.9 Å². The average molecular weight is 302 g/mol. The summed E-state index contributed by atoms with van der Waals surface area (Å²) in [5.74, 6) is 0.508. The molecule has 4 nitrogen and oxygen atoms in total. The number of nitrogen functional groups attached to an aromatic ring is 1. The largest absolute Gasteiger partial charge is 0.497 e. The number of hydrogen-bond donors (Lipinski definition) is 1. The molecule has 0 saturated heterocycles. The third-order valence-corrected chi connectivity index (χ3v) is 3.52. The molecule has 1 heterocycles. The number of anilines is 1. The van der Waals surface area contributed by atoms with Gasteiger partial charge in [-0.05, 0) is 24.3 Å². The average Bonchev–Trinajstić information content (AvgIpc) is 2.92. The van der Waals surface area contributed by atoms with Crippen LogP contribution in [0.1, 0.15) is 16.1 Å². The highest BCUT2D eigenvalue weighted by Gasteiger charge is 2.18. The molecular formula is C16H12ClNO3. The molecule has 0 amide bonds. The van der Waals surface area contributed by atoms with Crippen LogP contribution in [0.2, 0.25) is 5.02 Å². The zero-order valence-corrected chi connectivity index (χ0v) is 12.0. The van der Waals surface area contributed by atoms with Crippen LogP contribution in [-0.4, -0.2) is 12.9 Å². The maximum Gasteiger partial charge on any atom is 0.230 e. The Balaban J connectivity index is 2.06. The number of carbonyl (C=O) groups excluding carboxylic acids is 1. The first-order valence-electron chi connectivity index (χ1n) is 6.26.